The molecule has 7 nitrogen and oxygen atoms in total. The summed E-state index contributed by atoms with van der Waals surface area (Å²) in [6, 6.07) is 13.7. The van der Waals surface area contributed by atoms with Crippen molar-refractivity contribution in [1.29, 1.82) is 0 Å². The Bertz CT molecular complexity index is 1140. The maximum Gasteiger partial charge on any atom is 0.195 e. The Balaban J connectivity index is 1.55. The fraction of sp³-hybridized carbons (Fsp3) is 0.320. The van der Waals surface area contributed by atoms with Gasteiger partial charge in [0, 0.05) is 16.5 Å². The number of methoxy groups -OCH3 is 1. The van der Waals surface area contributed by atoms with Crippen LogP contribution in [0.2, 0.25) is 5.02 Å². The molecule has 4 N–H and O–H groups in total. The van der Waals surface area contributed by atoms with Crippen molar-refractivity contribution in [3.05, 3.63) is 58.9 Å². The molecule has 1 saturated carbocycles. The molecule has 8 heteroatoms. The molecule has 33 heavy (non-hydrogen) atoms. The third-order valence-corrected chi connectivity index (χ3v) is 5.95. The number of anilines is 1. The molecule has 172 valence electrons. The van der Waals surface area contributed by atoms with Crippen molar-refractivity contribution >= 4 is 46.4 Å². The Morgan fingerprint density at radius 2 is 1.91 bits per heavy atom. The minimum absolute atomic E-state index is 0.300. The monoisotopic (exact) mass is 464 g/mol. The largest absolute Gasteiger partial charge is 0.497 e. The van der Waals surface area contributed by atoms with Gasteiger partial charge >= 0.3 is 0 Å². The number of ether oxygens (including phenoxy) is 1. The highest BCUT2D eigenvalue weighted by Crippen LogP contribution is 2.26. The van der Waals surface area contributed by atoms with Crippen molar-refractivity contribution in [3.8, 4) is 5.75 Å². The van der Waals surface area contributed by atoms with Gasteiger partial charge in [0.05, 0.1) is 19.3 Å². The molecule has 0 saturated heterocycles. The van der Waals surface area contributed by atoms with Gasteiger partial charge in [0.1, 0.15) is 11.6 Å². The second-order valence-corrected chi connectivity index (χ2v) is 8.50. The number of aromatic nitrogens is 2. The highest BCUT2D eigenvalue weighted by atomic mass is 35.5. The van der Waals surface area contributed by atoms with Gasteiger partial charge in [-0.25, -0.2) is 15.0 Å². The molecule has 1 heterocycles. The van der Waals surface area contributed by atoms with Crippen LogP contribution >= 0.6 is 11.6 Å². The van der Waals surface area contributed by atoms with Crippen LogP contribution in [0.4, 0.5) is 5.82 Å². The van der Waals surface area contributed by atoms with Crippen LogP contribution < -0.4 is 21.1 Å². The number of fused-ring (bicyclic) bond motifs is 1. The average molecular weight is 465 g/mol. The van der Waals surface area contributed by atoms with E-state index >= 15 is 0 Å². The molecular formula is C25H29ClN6O. The molecule has 0 radical (unpaired) electrons. The van der Waals surface area contributed by atoms with Crippen LogP contribution in [0.25, 0.3) is 23.1 Å². The van der Waals surface area contributed by atoms with E-state index in [0.717, 1.165) is 16.5 Å². The fourth-order valence-electron chi connectivity index (χ4n) is 3.89. The number of benzene rings is 2. The summed E-state index contributed by atoms with van der Waals surface area (Å²) in [7, 11) is 1.63. The van der Waals surface area contributed by atoms with E-state index in [1.165, 1.54) is 32.1 Å². The van der Waals surface area contributed by atoms with E-state index in [4.69, 9.17) is 22.1 Å². The molecule has 1 fully saturated rings. The van der Waals surface area contributed by atoms with Crippen LogP contribution in [-0.2, 0) is 0 Å². The zero-order valence-electron chi connectivity index (χ0n) is 18.7. The molecule has 0 atom stereocenters. The van der Waals surface area contributed by atoms with E-state index in [9.17, 15) is 0 Å². The summed E-state index contributed by atoms with van der Waals surface area (Å²) in [5, 5.41) is 8.12. The summed E-state index contributed by atoms with van der Waals surface area (Å²) >= 11 is 5.97. The summed E-state index contributed by atoms with van der Waals surface area (Å²) in [4.78, 5) is 13.8. The standard InChI is InChI=1S/C25H29ClN6O/c1-33-20-12-13-22-21(15-20)24(32-25(27)29-16-28-19-5-3-2-4-6-19)31-23(30-22)14-9-17-7-10-18(26)11-8-17/h7-15,19,28H,2-6,16H2,1H3,(H3,27,29,30,31,32)/b14-9+. The van der Waals surface area contributed by atoms with Crippen molar-refractivity contribution in [2.45, 2.75) is 38.1 Å². The molecule has 0 amide bonds. The molecular weight excluding hydrogens is 436 g/mol. The van der Waals surface area contributed by atoms with Crippen LogP contribution in [0.3, 0.4) is 0 Å². The number of hydrogen-bond donors (Lipinski definition) is 3. The third kappa shape index (κ3) is 6.43. The number of guanidine groups is 1. The number of hydrogen-bond acceptors (Lipinski definition) is 5. The maximum absolute atomic E-state index is 6.19. The molecule has 1 aromatic heterocycles. The first-order valence-corrected chi connectivity index (χ1v) is 11.6. The lowest BCUT2D eigenvalue weighted by Crippen LogP contribution is -2.33. The second-order valence-electron chi connectivity index (χ2n) is 8.06. The topological polar surface area (TPSA) is 97.5 Å². The van der Waals surface area contributed by atoms with Gasteiger partial charge in [-0.3, -0.25) is 5.32 Å². The first kappa shape index (κ1) is 23.0. The minimum Gasteiger partial charge on any atom is -0.497 e. The van der Waals surface area contributed by atoms with Gasteiger partial charge in [-0.2, -0.15) is 0 Å². The summed E-state index contributed by atoms with van der Waals surface area (Å²) in [6.45, 7) is 0.471. The number of nitrogens with one attached hydrogen (secondary N) is 2. The Hall–Kier alpha value is -3.16. The van der Waals surface area contributed by atoms with E-state index in [1.807, 2.05) is 54.6 Å². The highest BCUT2D eigenvalue weighted by molar-refractivity contribution is 6.30. The minimum atomic E-state index is 0.300. The van der Waals surface area contributed by atoms with Gasteiger partial charge in [0.25, 0.3) is 0 Å². The van der Waals surface area contributed by atoms with E-state index in [1.54, 1.807) is 7.11 Å². The Morgan fingerprint density at radius 3 is 2.67 bits per heavy atom. The van der Waals surface area contributed by atoms with Crippen LogP contribution in [-0.4, -0.2) is 35.7 Å². The fourth-order valence-corrected chi connectivity index (χ4v) is 4.02. The van der Waals surface area contributed by atoms with Gasteiger partial charge in [0.2, 0.25) is 0 Å². The highest BCUT2D eigenvalue weighted by Gasteiger charge is 2.12. The van der Waals surface area contributed by atoms with E-state index < -0.39 is 0 Å². The molecule has 2 aromatic carbocycles. The predicted octanol–water partition coefficient (Wildman–Crippen LogP) is 5.07. The predicted molar refractivity (Wildman–Crippen MR) is 137 cm³/mol. The Labute approximate surface area is 199 Å². The third-order valence-electron chi connectivity index (χ3n) is 5.70. The van der Waals surface area contributed by atoms with Crippen LogP contribution in [0.5, 0.6) is 5.75 Å². The summed E-state index contributed by atoms with van der Waals surface area (Å²) in [5.41, 5.74) is 7.97. The molecule has 3 aromatic rings. The zero-order chi connectivity index (χ0) is 23.0. The average Bonchev–Trinajstić information content (AvgIpc) is 2.84. The van der Waals surface area contributed by atoms with E-state index in [2.05, 4.69) is 25.6 Å². The van der Waals surface area contributed by atoms with E-state index in [0.29, 0.717) is 41.1 Å². The van der Waals surface area contributed by atoms with Gasteiger partial charge < -0.3 is 15.8 Å². The summed E-state index contributed by atoms with van der Waals surface area (Å²) in [5.74, 6) is 2.15. The van der Waals surface area contributed by atoms with Crippen LogP contribution in [0.15, 0.2) is 47.5 Å². The van der Waals surface area contributed by atoms with Gasteiger partial charge in [-0.05, 0) is 54.8 Å². The summed E-state index contributed by atoms with van der Waals surface area (Å²) < 4.78 is 5.38. The number of rotatable bonds is 7. The molecule has 0 spiro atoms. The van der Waals surface area contributed by atoms with Gasteiger partial charge in [-0.15, -0.1) is 0 Å². The molecule has 4 rings (SSSR count). The van der Waals surface area contributed by atoms with Crippen molar-refractivity contribution in [2.75, 3.05) is 19.1 Å². The lowest BCUT2D eigenvalue weighted by molar-refractivity contribution is 0.378. The Kier molecular flexibility index (Phi) is 7.75. The first-order chi connectivity index (χ1) is 16.1. The quantitative estimate of drug-likeness (QED) is 0.333. The number of aliphatic imine (C=N–C) groups is 1. The number of nitrogens with zero attached hydrogens (tertiary/aromatic N) is 3. The van der Waals surface area contributed by atoms with Crippen molar-refractivity contribution in [1.82, 2.24) is 15.3 Å². The number of halogens is 1. The zero-order valence-corrected chi connectivity index (χ0v) is 19.5. The maximum atomic E-state index is 6.19. The molecule has 0 bridgehead atoms. The van der Waals surface area contributed by atoms with Gasteiger partial charge in [0.15, 0.2) is 11.8 Å². The SMILES string of the molecule is COc1ccc2nc(/C=C/c3ccc(Cl)cc3)nc(NC(N)=NCNC3CCCCC3)c2c1. The summed E-state index contributed by atoms with van der Waals surface area (Å²) in [6.07, 6.45) is 10.1. The van der Waals surface area contributed by atoms with Gasteiger partial charge in [-0.1, -0.05) is 49.1 Å². The molecule has 0 aliphatic heterocycles. The molecule has 1 aliphatic carbocycles. The molecule has 1 aliphatic rings. The Morgan fingerprint density at radius 1 is 1.12 bits per heavy atom. The number of nitrogens with two attached hydrogens (primary N) is 1. The normalized spacial score (nSPS) is 15.3. The van der Waals surface area contributed by atoms with E-state index in [-0.39, 0.29) is 0 Å². The van der Waals surface area contributed by atoms with Crippen molar-refractivity contribution < 1.29 is 4.74 Å². The second kappa shape index (κ2) is 11.1. The molecule has 0 unspecified atom stereocenters. The lowest BCUT2D eigenvalue weighted by atomic mass is 9.96. The lowest BCUT2D eigenvalue weighted by Gasteiger charge is -2.21. The first-order valence-electron chi connectivity index (χ1n) is 11.2. The van der Waals surface area contributed by atoms with Crippen LogP contribution in [0, 0.1) is 0 Å². The van der Waals surface area contributed by atoms with Crippen molar-refractivity contribution in [2.24, 2.45) is 10.7 Å². The van der Waals surface area contributed by atoms with Crippen molar-refractivity contribution in [3.63, 3.8) is 0 Å². The van der Waals surface area contributed by atoms with Crippen LogP contribution in [0.1, 0.15) is 43.5 Å². The smallest absolute Gasteiger partial charge is 0.195 e.